The van der Waals surface area contributed by atoms with Crippen LogP contribution in [-0.4, -0.2) is 41.1 Å². The van der Waals surface area contributed by atoms with E-state index in [0.29, 0.717) is 19.4 Å². The van der Waals surface area contributed by atoms with E-state index in [1.165, 1.54) is 9.78 Å². The van der Waals surface area contributed by atoms with Gasteiger partial charge in [-0.25, -0.2) is 9.59 Å². The van der Waals surface area contributed by atoms with Gasteiger partial charge in [-0.1, -0.05) is 19.4 Å². The number of hydrogen-bond donors (Lipinski definition) is 2. The van der Waals surface area contributed by atoms with E-state index < -0.39 is 11.5 Å². The number of carbonyl (C=O) groups is 2. The Balaban J connectivity index is 2.53. The predicted molar refractivity (Wildman–Crippen MR) is 80.1 cm³/mol. The van der Waals surface area contributed by atoms with Crippen molar-refractivity contribution < 1.29 is 14.7 Å². The molecular formula is C14H22N2O3S. The number of carbonyl (C=O) groups excluding carboxylic acids is 1. The zero-order chi connectivity index (χ0) is 15.2. The van der Waals surface area contributed by atoms with E-state index in [-0.39, 0.29) is 6.03 Å². The summed E-state index contributed by atoms with van der Waals surface area (Å²) in [7, 11) is 1.68. The normalized spacial score (nSPS) is 13.6. The van der Waals surface area contributed by atoms with Crippen LogP contribution in [0.25, 0.3) is 0 Å². The van der Waals surface area contributed by atoms with E-state index >= 15 is 0 Å². The number of urea groups is 1. The first-order valence-corrected chi connectivity index (χ1v) is 7.56. The van der Waals surface area contributed by atoms with Crippen molar-refractivity contribution in [3.05, 3.63) is 22.4 Å². The lowest BCUT2D eigenvalue weighted by atomic mass is 9.96. The van der Waals surface area contributed by atoms with Gasteiger partial charge in [0.2, 0.25) is 0 Å². The summed E-state index contributed by atoms with van der Waals surface area (Å²) < 4.78 is 0. The molecule has 0 aromatic carbocycles. The number of carboxylic acid groups (broad SMARTS) is 1. The molecule has 0 spiro atoms. The van der Waals surface area contributed by atoms with Gasteiger partial charge in [-0.15, -0.1) is 11.3 Å². The summed E-state index contributed by atoms with van der Waals surface area (Å²) in [6, 6.07) is 3.65. The van der Waals surface area contributed by atoms with Crippen molar-refractivity contribution >= 4 is 23.3 Å². The molecule has 20 heavy (non-hydrogen) atoms. The lowest BCUT2D eigenvalue weighted by molar-refractivity contribution is -0.144. The predicted octanol–water partition coefficient (Wildman–Crippen LogP) is 2.58. The largest absolute Gasteiger partial charge is 0.480 e. The van der Waals surface area contributed by atoms with Crippen molar-refractivity contribution in [3.8, 4) is 0 Å². The Morgan fingerprint density at radius 2 is 2.20 bits per heavy atom. The maximum absolute atomic E-state index is 12.1. The average molecular weight is 298 g/mol. The average Bonchev–Trinajstić information content (AvgIpc) is 2.88. The van der Waals surface area contributed by atoms with Crippen LogP contribution >= 0.6 is 11.3 Å². The third-order valence-corrected chi connectivity index (χ3v) is 4.16. The topological polar surface area (TPSA) is 69.6 Å². The van der Waals surface area contributed by atoms with Crippen LogP contribution in [0, 0.1) is 0 Å². The van der Waals surface area contributed by atoms with Gasteiger partial charge in [-0.05, 0) is 31.2 Å². The van der Waals surface area contributed by atoms with Crippen molar-refractivity contribution in [2.24, 2.45) is 0 Å². The molecule has 0 saturated carbocycles. The number of rotatable bonds is 7. The molecule has 1 atom stereocenters. The van der Waals surface area contributed by atoms with Gasteiger partial charge in [0.25, 0.3) is 0 Å². The fraction of sp³-hybridized carbons (Fsp3) is 0.571. The minimum absolute atomic E-state index is 0.347. The SMILES string of the molecule is CCCC(C)(NC(=O)N(C)CCc1cccs1)C(=O)O. The molecule has 2 amide bonds. The highest BCUT2D eigenvalue weighted by atomic mass is 32.1. The van der Waals surface area contributed by atoms with E-state index in [2.05, 4.69) is 5.32 Å². The standard InChI is InChI=1S/C14H22N2O3S/c1-4-8-14(2,12(17)18)15-13(19)16(3)9-7-11-6-5-10-20-11/h5-6,10H,4,7-9H2,1-3H3,(H,15,19)(H,17,18). The highest BCUT2D eigenvalue weighted by Gasteiger charge is 2.34. The maximum atomic E-state index is 12.1. The van der Waals surface area contributed by atoms with Crippen LogP contribution in [0.15, 0.2) is 17.5 Å². The van der Waals surface area contributed by atoms with Gasteiger partial charge < -0.3 is 15.3 Å². The van der Waals surface area contributed by atoms with Crippen molar-refractivity contribution in [1.82, 2.24) is 10.2 Å². The summed E-state index contributed by atoms with van der Waals surface area (Å²) in [4.78, 5) is 26.1. The van der Waals surface area contributed by atoms with Crippen molar-refractivity contribution in [3.63, 3.8) is 0 Å². The maximum Gasteiger partial charge on any atom is 0.329 e. The number of nitrogens with zero attached hydrogens (tertiary/aromatic N) is 1. The van der Waals surface area contributed by atoms with Gasteiger partial charge in [0.05, 0.1) is 0 Å². The third-order valence-electron chi connectivity index (χ3n) is 3.23. The second-order valence-corrected chi connectivity index (χ2v) is 6.10. The van der Waals surface area contributed by atoms with Gasteiger partial charge in [-0.2, -0.15) is 0 Å². The van der Waals surface area contributed by atoms with E-state index in [0.717, 1.165) is 6.42 Å². The Morgan fingerprint density at radius 3 is 2.70 bits per heavy atom. The summed E-state index contributed by atoms with van der Waals surface area (Å²) in [6.45, 7) is 4.01. The molecule has 0 aliphatic rings. The number of likely N-dealkylation sites (N-methyl/N-ethyl adjacent to an activating group) is 1. The number of nitrogens with one attached hydrogen (secondary N) is 1. The van der Waals surface area contributed by atoms with Crippen LogP contribution in [0.3, 0.4) is 0 Å². The van der Waals surface area contributed by atoms with E-state index in [9.17, 15) is 14.7 Å². The molecule has 1 unspecified atom stereocenters. The fourth-order valence-electron chi connectivity index (χ4n) is 1.89. The summed E-state index contributed by atoms with van der Waals surface area (Å²) in [6.07, 6.45) is 1.88. The van der Waals surface area contributed by atoms with Gasteiger partial charge in [-0.3, -0.25) is 0 Å². The Morgan fingerprint density at radius 1 is 1.50 bits per heavy atom. The van der Waals surface area contributed by atoms with E-state index in [1.54, 1.807) is 25.3 Å². The van der Waals surface area contributed by atoms with Crippen LogP contribution < -0.4 is 5.32 Å². The minimum atomic E-state index is -1.21. The molecule has 1 aromatic heterocycles. The summed E-state index contributed by atoms with van der Waals surface area (Å²) in [5.41, 5.74) is -1.21. The summed E-state index contributed by atoms with van der Waals surface area (Å²) in [5.74, 6) is -1.00. The third kappa shape index (κ3) is 4.52. The first-order chi connectivity index (χ1) is 9.39. The molecule has 112 valence electrons. The molecule has 1 aromatic rings. The van der Waals surface area contributed by atoms with Crippen LogP contribution in [0.1, 0.15) is 31.6 Å². The smallest absolute Gasteiger partial charge is 0.329 e. The van der Waals surface area contributed by atoms with Gasteiger partial charge in [0, 0.05) is 18.5 Å². The molecule has 1 heterocycles. The molecule has 0 aliphatic carbocycles. The Labute approximate surface area is 123 Å². The summed E-state index contributed by atoms with van der Waals surface area (Å²) in [5, 5.41) is 13.9. The molecule has 0 radical (unpaired) electrons. The zero-order valence-electron chi connectivity index (χ0n) is 12.2. The molecule has 6 heteroatoms. The van der Waals surface area contributed by atoms with Crippen LogP contribution in [0.5, 0.6) is 0 Å². The Kier molecular flexibility index (Phi) is 6.01. The van der Waals surface area contributed by atoms with Crippen molar-refractivity contribution in [1.29, 1.82) is 0 Å². The molecule has 0 saturated heterocycles. The van der Waals surface area contributed by atoms with Crippen LogP contribution in [0.4, 0.5) is 4.79 Å². The van der Waals surface area contributed by atoms with Gasteiger partial charge in [0.15, 0.2) is 0 Å². The Hall–Kier alpha value is -1.56. The molecule has 2 N–H and O–H groups in total. The molecular weight excluding hydrogens is 276 g/mol. The zero-order valence-corrected chi connectivity index (χ0v) is 13.0. The second-order valence-electron chi connectivity index (χ2n) is 5.07. The van der Waals surface area contributed by atoms with Crippen molar-refractivity contribution in [2.75, 3.05) is 13.6 Å². The number of aliphatic carboxylic acids is 1. The first-order valence-electron chi connectivity index (χ1n) is 6.68. The number of carboxylic acids is 1. The van der Waals surface area contributed by atoms with Gasteiger partial charge in [0.1, 0.15) is 5.54 Å². The molecule has 0 fully saturated rings. The van der Waals surface area contributed by atoms with E-state index in [1.807, 2.05) is 24.4 Å². The van der Waals surface area contributed by atoms with Crippen LogP contribution in [-0.2, 0) is 11.2 Å². The number of hydrogen-bond acceptors (Lipinski definition) is 3. The minimum Gasteiger partial charge on any atom is -0.480 e. The number of thiophene rings is 1. The highest BCUT2D eigenvalue weighted by Crippen LogP contribution is 2.14. The van der Waals surface area contributed by atoms with Crippen LogP contribution in [0.2, 0.25) is 0 Å². The fourth-order valence-corrected chi connectivity index (χ4v) is 2.59. The first kappa shape index (κ1) is 16.5. The lowest BCUT2D eigenvalue weighted by Gasteiger charge is -2.28. The molecule has 1 rings (SSSR count). The summed E-state index contributed by atoms with van der Waals surface area (Å²) >= 11 is 1.65. The monoisotopic (exact) mass is 298 g/mol. The quantitative estimate of drug-likeness (QED) is 0.813. The second kappa shape index (κ2) is 7.28. The van der Waals surface area contributed by atoms with Gasteiger partial charge >= 0.3 is 12.0 Å². The molecule has 5 nitrogen and oxygen atoms in total. The lowest BCUT2D eigenvalue weighted by Crippen LogP contribution is -2.55. The highest BCUT2D eigenvalue weighted by molar-refractivity contribution is 7.09. The van der Waals surface area contributed by atoms with Crippen molar-refractivity contribution in [2.45, 2.75) is 38.6 Å². The molecule has 0 bridgehead atoms. The number of amides is 2. The van der Waals surface area contributed by atoms with E-state index in [4.69, 9.17) is 0 Å². The molecule has 0 aliphatic heterocycles. The Bertz CT molecular complexity index is 447.